The number of pyridine rings is 1. The van der Waals surface area contributed by atoms with Gasteiger partial charge >= 0.3 is 0 Å². The number of nitrogens with one attached hydrogen (secondary N) is 1. The summed E-state index contributed by atoms with van der Waals surface area (Å²) < 4.78 is 27.1. The highest BCUT2D eigenvalue weighted by atomic mass is 35.5. The summed E-state index contributed by atoms with van der Waals surface area (Å²) in [6.45, 7) is 4.28. The van der Waals surface area contributed by atoms with Crippen molar-refractivity contribution in [2.45, 2.75) is 44.0 Å². The minimum absolute atomic E-state index is 0.0312. The highest BCUT2D eigenvalue weighted by Gasteiger charge is 2.33. The van der Waals surface area contributed by atoms with Gasteiger partial charge in [0.15, 0.2) is 0 Å². The molecule has 2 rings (SSSR count). The van der Waals surface area contributed by atoms with Crippen molar-refractivity contribution in [2.24, 2.45) is 5.41 Å². The van der Waals surface area contributed by atoms with E-state index in [1.165, 1.54) is 12.3 Å². The molecule has 0 aliphatic heterocycles. The van der Waals surface area contributed by atoms with Crippen molar-refractivity contribution in [3.63, 3.8) is 0 Å². The van der Waals surface area contributed by atoms with Gasteiger partial charge in [-0.05, 0) is 30.7 Å². The van der Waals surface area contributed by atoms with Crippen LogP contribution >= 0.6 is 11.6 Å². The van der Waals surface area contributed by atoms with Gasteiger partial charge in [0.25, 0.3) is 0 Å². The van der Waals surface area contributed by atoms with Crippen LogP contribution in [0.1, 0.15) is 33.1 Å². The molecule has 0 bridgehead atoms. The SMILES string of the molecule is CC1(C)CCC(NS(=O)(=O)c2cnc(N)c(Cl)c2)C1. The van der Waals surface area contributed by atoms with Gasteiger partial charge < -0.3 is 5.73 Å². The quantitative estimate of drug-likeness (QED) is 0.896. The second kappa shape index (κ2) is 4.92. The molecule has 7 heteroatoms. The third-order valence-electron chi connectivity index (χ3n) is 3.45. The largest absolute Gasteiger partial charge is 0.382 e. The molecule has 1 aliphatic rings. The fourth-order valence-electron chi connectivity index (χ4n) is 2.40. The van der Waals surface area contributed by atoms with E-state index in [0.717, 1.165) is 19.3 Å². The van der Waals surface area contributed by atoms with Gasteiger partial charge in [-0.15, -0.1) is 0 Å². The lowest BCUT2D eigenvalue weighted by molar-refractivity contribution is 0.372. The van der Waals surface area contributed by atoms with Crippen molar-refractivity contribution in [1.82, 2.24) is 9.71 Å². The smallest absolute Gasteiger partial charge is 0.242 e. The van der Waals surface area contributed by atoms with E-state index in [1.54, 1.807) is 0 Å². The van der Waals surface area contributed by atoms with E-state index in [4.69, 9.17) is 17.3 Å². The predicted octanol–water partition coefficient (Wildman–Crippen LogP) is 2.17. The Balaban J connectivity index is 2.17. The fraction of sp³-hybridized carbons (Fsp3) is 0.583. The van der Waals surface area contributed by atoms with Crippen molar-refractivity contribution in [3.05, 3.63) is 17.3 Å². The first-order valence-corrected chi connectivity index (χ1v) is 7.99. The van der Waals surface area contributed by atoms with Crippen molar-refractivity contribution >= 4 is 27.4 Å². The van der Waals surface area contributed by atoms with Gasteiger partial charge in [0.2, 0.25) is 10.0 Å². The molecule has 0 aromatic carbocycles. The van der Waals surface area contributed by atoms with E-state index >= 15 is 0 Å². The minimum atomic E-state index is -3.59. The molecule has 0 spiro atoms. The lowest BCUT2D eigenvalue weighted by Gasteiger charge is -2.18. The Morgan fingerprint density at radius 1 is 1.53 bits per heavy atom. The standard InChI is InChI=1S/C12H18ClN3O2S/c1-12(2)4-3-8(6-12)16-19(17,18)9-5-10(13)11(14)15-7-9/h5,7-8,16H,3-4,6H2,1-2H3,(H2,14,15). The molecule has 1 aromatic heterocycles. The number of aromatic nitrogens is 1. The van der Waals surface area contributed by atoms with E-state index in [0.29, 0.717) is 0 Å². The molecule has 1 atom stereocenters. The molecule has 0 radical (unpaired) electrons. The highest BCUT2D eigenvalue weighted by Crippen LogP contribution is 2.37. The van der Waals surface area contributed by atoms with Gasteiger partial charge in [0.05, 0.1) is 5.02 Å². The van der Waals surface area contributed by atoms with Gasteiger partial charge in [-0.25, -0.2) is 18.1 Å². The molecular weight excluding hydrogens is 286 g/mol. The zero-order chi connectivity index (χ0) is 14.3. The second-order valence-electron chi connectivity index (χ2n) is 5.76. The summed E-state index contributed by atoms with van der Waals surface area (Å²) in [4.78, 5) is 3.83. The molecule has 0 amide bonds. The Bertz CT molecular complexity index is 587. The van der Waals surface area contributed by atoms with Crippen LogP contribution in [0.4, 0.5) is 5.82 Å². The lowest BCUT2D eigenvalue weighted by atomic mass is 9.92. The predicted molar refractivity (Wildman–Crippen MR) is 75.4 cm³/mol. The van der Waals surface area contributed by atoms with Gasteiger partial charge in [-0.2, -0.15) is 0 Å². The van der Waals surface area contributed by atoms with Crippen LogP contribution in [-0.4, -0.2) is 19.4 Å². The number of anilines is 1. The van der Waals surface area contributed by atoms with Crippen LogP contribution in [0.5, 0.6) is 0 Å². The van der Waals surface area contributed by atoms with Crippen molar-refractivity contribution in [2.75, 3.05) is 5.73 Å². The number of hydrogen-bond donors (Lipinski definition) is 2. The van der Waals surface area contributed by atoms with Gasteiger partial charge in [-0.3, -0.25) is 0 Å². The second-order valence-corrected chi connectivity index (χ2v) is 7.88. The van der Waals surface area contributed by atoms with Gasteiger partial charge in [-0.1, -0.05) is 25.4 Å². The molecule has 19 heavy (non-hydrogen) atoms. The monoisotopic (exact) mass is 303 g/mol. The molecule has 1 heterocycles. The first kappa shape index (κ1) is 14.6. The Hall–Kier alpha value is -0.850. The van der Waals surface area contributed by atoms with Crippen LogP contribution in [0, 0.1) is 5.41 Å². The van der Waals surface area contributed by atoms with Crippen molar-refractivity contribution < 1.29 is 8.42 Å². The molecule has 106 valence electrons. The molecule has 1 aromatic rings. The first-order chi connectivity index (χ1) is 8.70. The average molecular weight is 304 g/mol. The van der Waals surface area contributed by atoms with Crippen LogP contribution in [0.25, 0.3) is 0 Å². The topological polar surface area (TPSA) is 85.1 Å². The summed E-state index contributed by atoms with van der Waals surface area (Å²) in [5.41, 5.74) is 5.66. The maximum atomic E-state index is 12.2. The molecule has 1 aliphatic carbocycles. The number of nitrogens with two attached hydrogens (primary N) is 1. The lowest BCUT2D eigenvalue weighted by Crippen LogP contribution is -2.33. The Morgan fingerprint density at radius 3 is 2.74 bits per heavy atom. The number of halogens is 1. The maximum absolute atomic E-state index is 12.2. The third kappa shape index (κ3) is 3.38. The van der Waals surface area contributed by atoms with Crippen LogP contribution in [0.3, 0.4) is 0 Å². The Labute approximate surface area is 118 Å². The zero-order valence-electron chi connectivity index (χ0n) is 11.0. The number of hydrogen-bond acceptors (Lipinski definition) is 4. The number of sulfonamides is 1. The summed E-state index contributed by atoms with van der Waals surface area (Å²) in [7, 11) is -3.59. The fourth-order valence-corrected chi connectivity index (χ4v) is 3.87. The summed E-state index contributed by atoms with van der Waals surface area (Å²) in [5, 5.41) is 0.148. The summed E-state index contributed by atoms with van der Waals surface area (Å²) in [6.07, 6.45) is 3.93. The first-order valence-electron chi connectivity index (χ1n) is 6.13. The average Bonchev–Trinajstić information content (AvgIpc) is 2.61. The molecule has 3 N–H and O–H groups in total. The van der Waals surface area contributed by atoms with E-state index in [-0.39, 0.29) is 27.2 Å². The molecule has 0 saturated heterocycles. The Kier molecular flexibility index (Phi) is 3.77. The Morgan fingerprint density at radius 2 is 2.21 bits per heavy atom. The minimum Gasteiger partial charge on any atom is -0.382 e. The van der Waals surface area contributed by atoms with E-state index < -0.39 is 10.0 Å². The molecule has 1 unspecified atom stereocenters. The normalized spacial score (nSPS) is 22.6. The van der Waals surface area contributed by atoms with Gasteiger partial charge in [0, 0.05) is 12.2 Å². The summed E-state index contributed by atoms with van der Waals surface area (Å²) >= 11 is 5.80. The summed E-state index contributed by atoms with van der Waals surface area (Å²) in [5.74, 6) is 0.127. The van der Waals surface area contributed by atoms with E-state index in [2.05, 4.69) is 23.6 Å². The van der Waals surface area contributed by atoms with Crippen LogP contribution in [0.15, 0.2) is 17.2 Å². The van der Waals surface area contributed by atoms with Crippen molar-refractivity contribution in [3.8, 4) is 0 Å². The summed E-state index contributed by atoms with van der Waals surface area (Å²) in [6, 6.07) is 1.29. The van der Waals surface area contributed by atoms with Gasteiger partial charge in [0.1, 0.15) is 10.7 Å². The molecule has 1 saturated carbocycles. The third-order valence-corrected chi connectivity index (χ3v) is 5.24. The van der Waals surface area contributed by atoms with E-state index in [9.17, 15) is 8.42 Å². The highest BCUT2D eigenvalue weighted by molar-refractivity contribution is 7.89. The molecule has 1 fully saturated rings. The van der Waals surface area contributed by atoms with Crippen LogP contribution in [-0.2, 0) is 10.0 Å². The maximum Gasteiger partial charge on any atom is 0.242 e. The number of nitrogen functional groups attached to an aromatic ring is 1. The van der Waals surface area contributed by atoms with Crippen molar-refractivity contribution in [1.29, 1.82) is 0 Å². The van der Waals surface area contributed by atoms with Crippen LogP contribution in [0.2, 0.25) is 5.02 Å². The number of rotatable bonds is 3. The molecular formula is C12H18ClN3O2S. The van der Waals surface area contributed by atoms with E-state index in [1.807, 2.05) is 0 Å². The van der Waals surface area contributed by atoms with Crippen LogP contribution < -0.4 is 10.5 Å². The molecule has 5 nitrogen and oxygen atoms in total. The zero-order valence-corrected chi connectivity index (χ0v) is 12.6. The number of nitrogens with zero attached hydrogens (tertiary/aromatic N) is 1.